The number of nitrogens with two attached hydrogens (primary N) is 1. The van der Waals surface area contributed by atoms with Crippen LogP contribution in [0.4, 0.5) is 10.1 Å². The Morgan fingerprint density at radius 1 is 1.37 bits per heavy atom. The maximum Gasteiger partial charge on any atom is 0.125 e. The molecule has 2 aromatic rings. The van der Waals surface area contributed by atoms with Gasteiger partial charge in [0, 0.05) is 31.7 Å². The zero-order chi connectivity index (χ0) is 13.8. The van der Waals surface area contributed by atoms with Gasteiger partial charge in [0.25, 0.3) is 0 Å². The molecule has 0 bridgehead atoms. The molecule has 1 aromatic carbocycles. The van der Waals surface area contributed by atoms with Gasteiger partial charge in [-0.05, 0) is 42.3 Å². The summed E-state index contributed by atoms with van der Waals surface area (Å²) in [5.74, 6) is -0.247. The number of rotatable bonds is 4. The van der Waals surface area contributed by atoms with Gasteiger partial charge in [0.1, 0.15) is 5.82 Å². The molecule has 2 N–H and O–H groups in total. The van der Waals surface area contributed by atoms with Gasteiger partial charge in [-0.15, -0.1) is 0 Å². The summed E-state index contributed by atoms with van der Waals surface area (Å²) in [6, 6.07) is 8.45. The van der Waals surface area contributed by atoms with E-state index in [9.17, 15) is 4.39 Å². The molecule has 0 amide bonds. The van der Waals surface area contributed by atoms with Gasteiger partial charge in [-0.25, -0.2) is 4.39 Å². The Labute approximate surface area is 112 Å². The van der Waals surface area contributed by atoms with E-state index in [1.165, 1.54) is 12.1 Å². The molecule has 2 rings (SSSR count). The van der Waals surface area contributed by atoms with Crippen molar-refractivity contribution in [3.63, 3.8) is 0 Å². The number of halogens is 1. The first-order valence-corrected chi connectivity index (χ1v) is 6.22. The lowest BCUT2D eigenvalue weighted by atomic mass is 10.0. The summed E-state index contributed by atoms with van der Waals surface area (Å²) in [6.45, 7) is 2.47. The van der Waals surface area contributed by atoms with E-state index in [-0.39, 0.29) is 11.9 Å². The van der Waals surface area contributed by atoms with Crippen molar-refractivity contribution in [2.75, 3.05) is 18.5 Å². The monoisotopic (exact) mass is 259 g/mol. The molecule has 0 fully saturated rings. The molecule has 1 aromatic heterocycles. The van der Waals surface area contributed by atoms with Crippen molar-refractivity contribution in [1.82, 2.24) is 4.98 Å². The molecule has 4 heteroatoms. The van der Waals surface area contributed by atoms with Crippen LogP contribution in [0.1, 0.15) is 17.2 Å². The minimum Gasteiger partial charge on any atom is -0.366 e. The quantitative estimate of drug-likeness (QED) is 0.918. The van der Waals surface area contributed by atoms with Crippen LogP contribution in [-0.4, -0.2) is 18.6 Å². The van der Waals surface area contributed by atoms with Gasteiger partial charge in [-0.3, -0.25) is 4.98 Å². The highest BCUT2D eigenvalue weighted by molar-refractivity contribution is 5.49. The minimum atomic E-state index is -0.247. The Balaban J connectivity index is 2.35. The molecule has 19 heavy (non-hydrogen) atoms. The third-order valence-corrected chi connectivity index (χ3v) is 3.34. The summed E-state index contributed by atoms with van der Waals surface area (Å²) < 4.78 is 13.3. The number of aromatic nitrogens is 1. The van der Waals surface area contributed by atoms with Gasteiger partial charge in [0.15, 0.2) is 0 Å². The highest BCUT2D eigenvalue weighted by atomic mass is 19.1. The molecule has 0 spiro atoms. The van der Waals surface area contributed by atoms with Crippen LogP contribution in [0.5, 0.6) is 0 Å². The van der Waals surface area contributed by atoms with E-state index in [1.54, 1.807) is 12.3 Å². The number of hydrogen-bond acceptors (Lipinski definition) is 3. The molecule has 0 aliphatic rings. The zero-order valence-corrected chi connectivity index (χ0v) is 11.2. The van der Waals surface area contributed by atoms with Gasteiger partial charge in [0.05, 0.1) is 6.04 Å². The molecule has 1 atom stereocenters. The fraction of sp³-hybridized carbons (Fsp3) is 0.267. The highest BCUT2D eigenvalue weighted by Gasteiger charge is 2.18. The Hall–Kier alpha value is -1.94. The summed E-state index contributed by atoms with van der Waals surface area (Å²) in [5, 5.41) is 0. The van der Waals surface area contributed by atoms with Crippen LogP contribution in [0.25, 0.3) is 0 Å². The van der Waals surface area contributed by atoms with Crippen LogP contribution in [0.15, 0.2) is 42.7 Å². The Morgan fingerprint density at radius 2 is 2.16 bits per heavy atom. The Morgan fingerprint density at radius 3 is 2.79 bits per heavy atom. The molecule has 1 unspecified atom stereocenters. The standard InChI is InChI=1S/C15H18FN3/c1-11-6-7-18-10-14(11)15(9-17)19(2)13-5-3-4-12(16)8-13/h3-8,10,15H,9,17H2,1-2H3. The zero-order valence-electron chi connectivity index (χ0n) is 11.2. The second-order valence-electron chi connectivity index (χ2n) is 4.57. The predicted octanol–water partition coefficient (Wildman–Crippen LogP) is 2.67. The molecule has 0 saturated heterocycles. The first kappa shape index (κ1) is 13.5. The number of hydrogen-bond donors (Lipinski definition) is 1. The third kappa shape index (κ3) is 2.90. The van der Waals surface area contributed by atoms with Crippen molar-refractivity contribution < 1.29 is 4.39 Å². The van der Waals surface area contributed by atoms with Crippen LogP contribution in [0.2, 0.25) is 0 Å². The molecular weight excluding hydrogens is 241 g/mol. The average Bonchev–Trinajstić information content (AvgIpc) is 2.41. The molecule has 0 aliphatic heterocycles. The van der Waals surface area contributed by atoms with E-state index in [2.05, 4.69) is 4.98 Å². The van der Waals surface area contributed by atoms with Crippen LogP contribution < -0.4 is 10.6 Å². The lowest BCUT2D eigenvalue weighted by Gasteiger charge is -2.30. The van der Waals surface area contributed by atoms with Crippen molar-refractivity contribution >= 4 is 5.69 Å². The van der Waals surface area contributed by atoms with E-state index in [0.717, 1.165) is 16.8 Å². The summed E-state index contributed by atoms with van der Waals surface area (Å²) in [7, 11) is 1.92. The lowest BCUT2D eigenvalue weighted by Crippen LogP contribution is -2.31. The molecular formula is C15H18FN3. The van der Waals surface area contributed by atoms with Crippen molar-refractivity contribution in [2.24, 2.45) is 5.73 Å². The number of pyridine rings is 1. The minimum absolute atomic E-state index is 0.0181. The van der Waals surface area contributed by atoms with Crippen LogP contribution >= 0.6 is 0 Å². The molecule has 0 saturated carbocycles. The first-order chi connectivity index (χ1) is 9.13. The number of likely N-dealkylation sites (N-methyl/N-ethyl adjacent to an activating group) is 1. The van der Waals surface area contributed by atoms with Crippen molar-refractivity contribution in [1.29, 1.82) is 0 Å². The predicted molar refractivity (Wildman–Crippen MR) is 75.6 cm³/mol. The van der Waals surface area contributed by atoms with Gasteiger partial charge in [0.2, 0.25) is 0 Å². The summed E-state index contributed by atoms with van der Waals surface area (Å²) in [4.78, 5) is 6.13. The number of anilines is 1. The molecule has 1 heterocycles. The normalized spacial score (nSPS) is 12.2. The summed E-state index contributed by atoms with van der Waals surface area (Å²) in [6.07, 6.45) is 3.58. The largest absolute Gasteiger partial charge is 0.366 e. The fourth-order valence-corrected chi connectivity index (χ4v) is 2.19. The van der Waals surface area contributed by atoms with E-state index in [0.29, 0.717) is 6.54 Å². The Kier molecular flexibility index (Phi) is 4.12. The maximum atomic E-state index is 13.3. The molecule has 0 radical (unpaired) electrons. The third-order valence-electron chi connectivity index (χ3n) is 3.34. The topological polar surface area (TPSA) is 42.1 Å². The Bertz CT molecular complexity index is 557. The molecule has 100 valence electrons. The smallest absolute Gasteiger partial charge is 0.125 e. The molecule has 0 aliphatic carbocycles. The summed E-state index contributed by atoms with van der Waals surface area (Å²) >= 11 is 0. The van der Waals surface area contributed by atoms with Crippen molar-refractivity contribution in [3.05, 3.63) is 59.7 Å². The maximum absolute atomic E-state index is 13.3. The van der Waals surface area contributed by atoms with Gasteiger partial charge in [-0.2, -0.15) is 0 Å². The van der Waals surface area contributed by atoms with Crippen LogP contribution in [0.3, 0.4) is 0 Å². The van der Waals surface area contributed by atoms with Gasteiger partial charge < -0.3 is 10.6 Å². The number of benzene rings is 1. The highest BCUT2D eigenvalue weighted by Crippen LogP contribution is 2.26. The van der Waals surface area contributed by atoms with E-state index < -0.39 is 0 Å². The average molecular weight is 259 g/mol. The van der Waals surface area contributed by atoms with E-state index >= 15 is 0 Å². The second-order valence-corrected chi connectivity index (χ2v) is 4.57. The van der Waals surface area contributed by atoms with Crippen LogP contribution in [-0.2, 0) is 0 Å². The van der Waals surface area contributed by atoms with Gasteiger partial charge in [-0.1, -0.05) is 6.07 Å². The van der Waals surface area contributed by atoms with Crippen molar-refractivity contribution in [3.8, 4) is 0 Å². The first-order valence-electron chi connectivity index (χ1n) is 6.22. The fourth-order valence-electron chi connectivity index (χ4n) is 2.19. The van der Waals surface area contributed by atoms with E-state index in [1.807, 2.05) is 37.2 Å². The number of nitrogens with zero attached hydrogens (tertiary/aromatic N) is 2. The SMILES string of the molecule is Cc1ccncc1C(CN)N(C)c1cccc(F)c1. The summed E-state index contributed by atoms with van der Waals surface area (Å²) in [5.41, 5.74) is 8.89. The second kappa shape index (κ2) is 5.80. The van der Waals surface area contributed by atoms with Gasteiger partial charge >= 0.3 is 0 Å². The lowest BCUT2D eigenvalue weighted by molar-refractivity contribution is 0.622. The van der Waals surface area contributed by atoms with Crippen LogP contribution in [0, 0.1) is 12.7 Å². The number of aryl methyl sites for hydroxylation is 1. The van der Waals surface area contributed by atoms with Crippen molar-refractivity contribution in [2.45, 2.75) is 13.0 Å². The molecule has 3 nitrogen and oxygen atoms in total. The van der Waals surface area contributed by atoms with E-state index in [4.69, 9.17) is 5.73 Å².